The molecule has 0 aliphatic rings. The van der Waals surface area contributed by atoms with E-state index in [1.807, 2.05) is 0 Å². The van der Waals surface area contributed by atoms with E-state index < -0.39 is 29.7 Å². The van der Waals surface area contributed by atoms with Crippen LogP contribution in [0.4, 0.5) is 0 Å². The third-order valence-electron chi connectivity index (χ3n) is 10.0. The summed E-state index contributed by atoms with van der Waals surface area (Å²) in [7, 11) is 0. The Kier molecular flexibility index (Phi) is 38.5. The fraction of sp³-hybridized carbons (Fsp3) is 0.841. The minimum atomic E-state index is -1.05. The van der Waals surface area contributed by atoms with E-state index in [0.717, 1.165) is 44.9 Å². The molecule has 16 nitrogen and oxygen atoms in total. The first-order valence-corrected chi connectivity index (χ1v) is 22.5. The Bertz CT molecular complexity index is 1180. The average Bonchev–Trinajstić information content (AvgIpc) is 3.20. The number of rotatable bonds is 46. The number of ether oxygens (including phenoxy) is 4. The second-order valence-corrected chi connectivity index (χ2v) is 15.6. The van der Waals surface area contributed by atoms with Crippen LogP contribution in [0.1, 0.15) is 162 Å². The van der Waals surface area contributed by atoms with Crippen LogP contribution in [0.2, 0.25) is 0 Å². The number of carbonyl (C=O) groups is 7. The average molecular weight is 861 g/mol. The maximum Gasteiger partial charge on any atom is 0.306 e. The number of nitrogens with one attached hydrogen (secondary N) is 2. The molecule has 0 aromatic carbocycles. The van der Waals surface area contributed by atoms with Crippen molar-refractivity contribution < 1.29 is 69.3 Å². The number of hydrogen-bond donors (Lipinski definition) is 5. The number of Topliss-reactive ketones (excluding diaryl/α,β-unsaturated/α-hetero) is 2. The third kappa shape index (κ3) is 40.0. The highest BCUT2D eigenvalue weighted by Gasteiger charge is 2.22. The van der Waals surface area contributed by atoms with Gasteiger partial charge >= 0.3 is 17.9 Å². The minimum absolute atomic E-state index is 0. The van der Waals surface area contributed by atoms with Gasteiger partial charge in [0.1, 0.15) is 24.8 Å². The number of hydrogen-bond acceptors (Lipinski definition) is 11. The topological polar surface area (TPSA) is 241 Å². The molecule has 0 fully saturated rings. The van der Waals surface area contributed by atoms with Crippen LogP contribution in [0.5, 0.6) is 0 Å². The number of carbonyl (C=O) groups excluding carboxylic acids is 4. The molecule has 0 aliphatic carbocycles. The highest BCUT2D eigenvalue weighted by atomic mass is 16.5. The van der Waals surface area contributed by atoms with Crippen LogP contribution in [-0.4, -0.2) is 123 Å². The van der Waals surface area contributed by atoms with E-state index in [2.05, 4.69) is 10.6 Å². The molecule has 2 atom stereocenters. The van der Waals surface area contributed by atoms with Gasteiger partial charge in [-0.05, 0) is 38.5 Å². The zero-order valence-corrected chi connectivity index (χ0v) is 36.5. The molecule has 0 spiro atoms. The van der Waals surface area contributed by atoms with Gasteiger partial charge in [-0.25, -0.2) is 0 Å². The number of aliphatic carboxylic acids is 3. The number of unbranched alkanes of at least 4 members (excludes halogenated alkanes) is 14. The first-order chi connectivity index (χ1) is 28.9. The van der Waals surface area contributed by atoms with Gasteiger partial charge in [0.15, 0.2) is 0 Å². The second kappa shape index (κ2) is 40.9. The highest BCUT2D eigenvalue weighted by molar-refractivity contribution is 5.84. The van der Waals surface area contributed by atoms with E-state index in [9.17, 15) is 38.7 Å². The highest BCUT2D eigenvalue weighted by Crippen LogP contribution is 2.18. The summed E-state index contributed by atoms with van der Waals surface area (Å²) >= 11 is 0. The first kappa shape index (κ1) is 56.5. The maximum atomic E-state index is 12.4. The van der Waals surface area contributed by atoms with Gasteiger partial charge in [-0.15, -0.1) is 0 Å². The standard InChI is InChI=1S/C44H78N2O14.H2/c1-36(43(53)54)19-16-17-25-45-40(49)34-60-32-30-58-28-26-46-41(50)35-59-31-29-57-27-18-21-38(47)24-23-37(44(55)56)33-39(48)20-14-12-10-8-6-4-2-3-5-7-9-11-13-15-22-42(51)52;/h36-37H,2-35H2,1H3,(H,45,49)(H,46,50)(H,51,52)(H,53,54)(H,55,56);1H/t36-,37+;/m0./s1. The van der Waals surface area contributed by atoms with Gasteiger partial charge in [-0.1, -0.05) is 90.4 Å². The van der Waals surface area contributed by atoms with E-state index >= 15 is 0 Å². The van der Waals surface area contributed by atoms with Crippen molar-refractivity contribution in [2.75, 3.05) is 65.9 Å². The van der Waals surface area contributed by atoms with Crippen molar-refractivity contribution in [2.24, 2.45) is 11.8 Å². The second-order valence-electron chi connectivity index (χ2n) is 15.6. The van der Waals surface area contributed by atoms with Crippen molar-refractivity contribution in [1.82, 2.24) is 10.6 Å². The SMILES string of the molecule is C[C@@H](CCCCNC(=O)COCCOCCNC(=O)COCCOCCCC(=O)CC[C@H](CC(=O)CCCCCCCCCCCCCCCCC(=O)O)C(=O)O)C(=O)O.[HH]. The van der Waals surface area contributed by atoms with Crippen molar-refractivity contribution in [1.29, 1.82) is 0 Å². The summed E-state index contributed by atoms with van der Waals surface area (Å²) in [4.78, 5) is 81.4. The maximum absolute atomic E-state index is 12.4. The fourth-order valence-corrected chi connectivity index (χ4v) is 6.30. The summed E-state index contributed by atoms with van der Waals surface area (Å²) in [6.07, 6.45) is 18.9. The Balaban J connectivity index is 0. The summed E-state index contributed by atoms with van der Waals surface area (Å²) in [6, 6.07) is 0. The van der Waals surface area contributed by atoms with E-state index in [0.29, 0.717) is 45.3 Å². The lowest BCUT2D eigenvalue weighted by Gasteiger charge is -2.11. The molecule has 0 unspecified atom stereocenters. The van der Waals surface area contributed by atoms with Crippen molar-refractivity contribution in [3.8, 4) is 0 Å². The summed E-state index contributed by atoms with van der Waals surface area (Å²) in [5.74, 6) is -4.51. The molecule has 2 amide bonds. The molecule has 350 valence electrons. The van der Waals surface area contributed by atoms with Crippen LogP contribution < -0.4 is 10.6 Å². The van der Waals surface area contributed by atoms with Crippen molar-refractivity contribution in [3.05, 3.63) is 0 Å². The molecule has 16 heteroatoms. The molecule has 0 radical (unpaired) electrons. The molecule has 60 heavy (non-hydrogen) atoms. The third-order valence-corrected chi connectivity index (χ3v) is 10.0. The molecular formula is C44H80N2O14. The van der Waals surface area contributed by atoms with Gasteiger partial charge in [-0.2, -0.15) is 0 Å². The number of carboxylic acid groups (broad SMARTS) is 3. The lowest BCUT2D eigenvalue weighted by molar-refractivity contribution is -0.144. The summed E-state index contributed by atoms with van der Waals surface area (Å²) in [6.45, 7) is 3.66. The van der Waals surface area contributed by atoms with Gasteiger partial charge in [0.05, 0.1) is 44.9 Å². The lowest BCUT2D eigenvalue weighted by atomic mass is 9.93. The van der Waals surface area contributed by atoms with E-state index in [-0.39, 0.29) is 110 Å². The largest absolute Gasteiger partial charge is 0.481 e. The number of carboxylic acids is 3. The van der Waals surface area contributed by atoms with Crippen LogP contribution in [0, 0.1) is 11.8 Å². The number of amides is 2. The van der Waals surface area contributed by atoms with Gasteiger partial charge in [-0.3, -0.25) is 33.6 Å². The van der Waals surface area contributed by atoms with E-state index in [1.165, 1.54) is 44.9 Å². The Morgan fingerprint density at radius 1 is 0.450 bits per heavy atom. The van der Waals surface area contributed by atoms with Crippen LogP contribution in [0.3, 0.4) is 0 Å². The molecule has 0 saturated heterocycles. The van der Waals surface area contributed by atoms with Crippen LogP contribution in [-0.2, 0) is 52.5 Å². The lowest BCUT2D eigenvalue weighted by Crippen LogP contribution is -2.31. The molecule has 0 rings (SSSR count). The number of ketones is 2. The normalized spacial score (nSPS) is 12.2. The van der Waals surface area contributed by atoms with Crippen LogP contribution in [0.15, 0.2) is 0 Å². The first-order valence-electron chi connectivity index (χ1n) is 22.5. The molecule has 0 bridgehead atoms. The quantitative estimate of drug-likeness (QED) is 0.0409. The zero-order valence-electron chi connectivity index (χ0n) is 36.5. The molecule has 0 aliphatic heterocycles. The predicted molar refractivity (Wildman–Crippen MR) is 228 cm³/mol. The van der Waals surface area contributed by atoms with Crippen molar-refractivity contribution in [2.45, 2.75) is 161 Å². The van der Waals surface area contributed by atoms with Gasteiger partial charge in [0.25, 0.3) is 0 Å². The fourth-order valence-electron chi connectivity index (χ4n) is 6.30. The zero-order chi connectivity index (χ0) is 44.5. The Labute approximate surface area is 359 Å². The molecular weight excluding hydrogens is 780 g/mol. The summed E-state index contributed by atoms with van der Waals surface area (Å²) in [5, 5.41) is 32.5. The minimum Gasteiger partial charge on any atom is -0.481 e. The molecule has 0 heterocycles. The van der Waals surface area contributed by atoms with Crippen molar-refractivity contribution >= 4 is 41.3 Å². The van der Waals surface area contributed by atoms with E-state index in [1.54, 1.807) is 6.92 Å². The molecule has 0 aromatic heterocycles. The Hall–Kier alpha value is -3.47. The smallest absolute Gasteiger partial charge is 0.306 e. The van der Waals surface area contributed by atoms with Crippen molar-refractivity contribution in [3.63, 3.8) is 0 Å². The molecule has 0 aromatic rings. The van der Waals surface area contributed by atoms with Crippen LogP contribution >= 0.6 is 0 Å². The monoisotopic (exact) mass is 861 g/mol. The Morgan fingerprint density at radius 2 is 0.917 bits per heavy atom. The van der Waals surface area contributed by atoms with Gasteiger partial charge in [0.2, 0.25) is 11.8 Å². The summed E-state index contributed by atoms with van der Waals surface area (Å²) < 4.78 is 21.4. The van der Waals surface area contributed by atoms with Gasteiger partial charge in [0, 0.05) is 53.2 Å². The molecule has 5 N–H and O–H groups in total. The van der Waals surface area contributed by atoms with Crippen LogP contribution in [0.25, 0.3) is 0 Å². The predicted octanol–water partition coefficient (Wildman–Crippen LogP) is 6.54. The summed E-state index contributed by atoms with van der Waals surface area (Å²) in [5.41, 5.74) is 0. The Morgan fingerprint density at radius 3 is 1.43 bits per heavy atom. The van der Waals surface area contributed by atoms with E-state index in [4.69, 9.17) is 29.2 Å². The van der Waals surface area contributed by atoms with Gasteiger partial charge < -0.3 is 44.9 Å². The molecule has 0 saturated carbocycles.